The summed E-state index contributed by atoms with van der Waals surface area (Å²) in [5.41, 5.74) is -0.259. The predicted molar refractivity (Wildman–Crippen MR) is 67.1 cm³/mol. The minimum absolute atomic E-state index is 0.259. The van der Waals surface area contributed by atoms with Crippen LogP contribution in [0.5, 0.6) is 0 Å². The Morgan fingerprint density at radius 2 is 2.25 bits per heavy atom. The molecule has 1 fully saturated rings. The van der Waals surface area contributed by atoms with E-state index in [9.17, 15) is 5.26 Å². The van der Waals surface area contributed by atoms with Crippen LogP contribution in [0.4, 0.5) is 0 Å². The van der Waals surface area contributed by atoms with E-state index in [0.29, 0.717) is 12.0 Å². The molecule has 2 unspecified atom stereocenters. The maximum atomic E-state index is 9.30. The Morgan fingerprint density at radius 3 is 2.75 bits per heavy atom. The van der Waals surface area contributed by atoms with Gasteiger partial charge in [0, 0.05) is 12.6 Å². The van der Waals surface area contributed by atoms with Crippen molar-refractivity contribution in [3.05, 3.63) is 0 Å². The van der Waals surface area contributed by atoms with Gasteiger partial charge in [0.2, 0.25) is 0 Å². The lowest BCUT2D eigenvalue weighted by atomic mass is 9.99. The van der Waals surface area contributed by atoms with E-state index in [1.165, 1.54) is 0 Å². The molecule has 0 heterocycles. The Balaban J connectivity index is 2.54. The first kappa shape index (κ1) is 13.5. The highest BCUT2D eigenvalue weighted by Gasteiger charge is 2.40. The fraction of sp³-hybridized carbons (Fsp3) is 0.923. The molecule has 0 aliphatic heterocycles. The Labute approximate surface area is 99.8 Å². The molecule has 3 nitrogen and oxygen atoms in total. The van der Waals surface area contributed by atoms with Crippen LogP contribution in [0.2, 0.25) is 0 Å². The summed E-state index contributed by atoms with van der Waals surface area (Å²) in [6.07, 6.45) is 3.11. The monoisotopic (exact) mass is 223 g/mol. The van der Waals surface area contributed by atoms with Gasteiger partial charge in [0.15, 0.2) is 0 Å². The first-order valence-corrected chi connectivity index (χ1v) is 6.39. The molecule has 1 aliphatic rings. The van der Waals surface area contributed by atoms with Crippen LogP contribution in [0.15, 0.2) is 0 Å². The second-order valence-electron chi connectivity index (χ2n) is 5.45. The molecule has 0 spiro atoms. The molecule has 1 aliphatic carbocycles. The highest BCUT2D eigenvalue weighted by Crippen LogP contribution is 2.32. The van der Waals surface area contributed by atoms with Crippen LogP contribution in [-0.4, -0.2) is 36.6 Å². The Bertz CT molecular complexity index is 256. The standard InChI is InChI=1S/C13H25N3/c1-5-15-13(10-14)7-6-12(8-13)16(4)9-11(2)3/h11-12,15H,5-9H2,1-4H3. The summed E-state index contributed by atoms with van der Waals surface area (Å²) in [4.78, 5) is 2.42. The van der Waals surface area contributed by atoms with Crippen LogP contribution in [-0.2, 0) is 0 Å². The SMILES string of the molecule is CCNC1(C#N)CCC(N(C)CC(C)C)C1. The van der Waals surface area contributed by atoms with Gasteiger partial charge in [-0.3, -0.25) is 5.32 Å². The lowest BCUT2D eigenvalue weighted by molar-refractivity contribution is 0.213. The van der Waals surface area contributed by atoms with Gasteiger partial charge in [-0.05, 0) is 38.8 Å². The molecule has 92 valence electrons. The zero-order valence-electron chi connectivity index (χ0n) is 11.1. The van der Waals surface area contributed by atoms with Gasteiger partial charge in [-0.15, -0.1) is 0 Å². The summed E-state index contributed by atoms with van der Waals surface area (Å²) in [5, 5.41) is 12.7. The van der Waals surface area contributed by atoms with Crippen molar-refractivity contribution in [2.75, 3.05) is 20.1 Å². The number of rotatable bonds is 5. The summed E-state index contributed by atoms with van der Waals surface area (Å²) in [6.45, 7) is 8.57. The van der Waals surface area contributed by atoms with Crippen molar-refractivity contribution < 1.29 is 0 Å². The molecule has 0 aromatic rings. The lowest BCUT2D eigenvalue weighted by Crippen LogP contribution is -2.43. The maximum Gasteiger partial charge on any atom is 0.108 e. The molecule has 0 amide bonds. The smallest absolute Gasteiger partial charge is 0.108 e. The summed E-state index contributed by atoms with van der Waals surface area (Å²) in [5.74, 6) is 0.696. The largest absolute Gasteiger partial charge is 0.303 e. The molecule has 3 heteroatoms. The molecular weight excluding hydrogens is 198 g/mol. The predicted octanol–water partition coefficient (Wildman–Crippen LogP) is 2.00. The third kappa shape index (κ3) is 3.20. The summed E-state index contributed by atoms with van der Waals surface area (Å²) in [7, 11) is 2.18. The molecule has 0 aromatic heterocycles. The first-order valence-electron chi connectivity index (χ1n) is 6.39. The minimum atomic E-state index is -0.259. The van der Waals surface area contributed by atoms with Crippen molar-refractivity contribution in [3.8, 4) is 6.07 Å². The van der Waals surface area contributed by atoms with Gasteiger partial charge in [0.25, 0.3) is 0 Å². The number of hydrogen-bond donors (Lipinski definition) is 1. The Hall–Kier alpha value is -0.590. The number of nitrogens with one attached hydrogen (secondary N) is 1. The minimum Gasteiger partial charge on any atom is -0.303 e. The lowest BCUT2D eigenvalue weighted by Gasteiger charge is -2.28. The molecule has 0 saturated heterocycles. The maximum absolute atomic E-state index is 9.30. The Kier molecular flexibility index (Phi) is 4.76. The van der Waals surface area contributed by atoms with Gasteiger partial charge >= 0.3 is 0 Å². The van der Waals surface area contributed by atoms with E-state index < -0.39 is 0 Å². The average molecular weight is 223 g/mol. The molecule has 1 N–H and O–H groups in total. The Morgan fingerprint density at radius 1 is 1.56 bits per heavy atom. The normalized spacial score (nSPS) is 29.9. The van der Waals surface area contributed by atoms with Crippen molar-refractivity contribution in [1.29, 1.82) is 5.26 Å². The van der Waals surface area contributed by atoms with Gasteiger partial charge in [-0.1, -0.05) is 20.8 Å². The van der Waals surface area contributed by atoms with Crippen molar-refractivity contribution >= 4 is 0 Å². The highest BCUT2D eigenvalue weighted by molar-refractivity contribution is 5.13. The van der Waals surface area contributed by atoms with Crippen molar-refractivity contribution in [2.45, 2.75) is 51.6 Å². The van der Waals surface area contributed by atoms with Crippen LogP contribution in [0.25, 0.3) is 0 Å². The average Bonchev–Trinajstić information content (AvgIpc) is 2.63. The van der Waals surface area contributed by atoms with E-state index in [-0.39, 0.29) is 5.54 Å². The molecular formula is C13H25N3. The van der Waals surface area contributed by atoms with Gasteiger partial charge in [-0.25, -0.2) is 0 Å². The van der Waals surface area contributed by atoms with Gasteiger partial charge in [-0.2, -0.15) is 5.26 Å². The summed E-state index contributed by atoms with van der Waals surface area (Å²) < 4.78 is 0. The number of nitrogens with zero attached hydrogens (tertiary/aromatic N) is 2. The zero-order valence-corrected chi connectivity index (χ0v) is 11.1. The van der Waals surface area contributed by atoms with E-state index in [4.69, 9.17) is 0 Å². The van der Waals surface area contributed by atoms with E-state index in [1.54, 1.807) is 0 Å². The number of hydrogen-bond acceptors (Lipinski definition) is 3. The zero-order chi connectivity index (χ0) is 12.2. The van der Waals surface area contributed by atoms with E-state index in [1.807, 2.05) is 0 Å². The van der Waals surface area contributed by atoms with Crippen LogP contribution < -0.4 is 5.32 Å². The summed E-state index contributed by atoms with van der Waals surface area (Å²) in [6, 6.07) is 3.05. The molecule has 1 rings (SSSR count). The van der Waals surface area contributed by atoms with E-state index in [2.05, 4.69) is 44.1 Å². The topological polar surface area (TPSA) is 39.1 Å². The van der Waals surface area contributed by atoms with Crippen molar-refractivity contribution in [2.24, 2.45) is 5.92 Å². The third-order valence-electron chi connectivity index (χ3n) is 3.49. The number of nitriles is 1. The van der Waals surface area contributed by atoms with Gasteiger partial charge < -0.3 is 4.90 Å². The molecule has 0 radical (unpaired) electrons. The molecule has 16 heavy (non-hydrogen) atoms. The highest BCUT2D eigenvalue weighted by atomic mass is 15.1. The molecule has 0 aromatic carbocycles. The van der Waals surface area contributed by atoms with Gasteiger partial charge in [0.1, 0.15) is 5.54 Å². The second kappa shape index (κ2) is 5.65. The quantitative estimate of drug-likeness (QED) is 0.775. The molecule has 0 bridgehead atoms. The first-order chi connectivity index (χ1) is 7.53. The third-order valence-corrected chi connectivity index (χ3v) is 3.49. The van der Waals surface area contributed by atoms with Crippen LogP contribution in [0.1, 0.15) is 40.0 Å². The van der Waals surface area contributed by atoms with Crippen molar-refractivity contribution in [3.63, 3.8) is 0 Å². The second-order valence-corrected chi connectivity index (χ2v) is 5.45. The molecule has 1 saturated carbocycles. The van der Waals surface area contributed by atoms with Crippen LogP contribution >= 0.6 is 0 Å². The fourth-order valence-electron chi connectivity index (χ4n) is 2.76. The van der Waals surface area contributed by atoms with Crippen LogP contribution in [0, 0.1) is 17.2 Å². The van der Waals surface area contributed by atoms with E-state index in [0.717, 1.165) is 32.4 Å². The van der Waals surface area contributed by atoms with Gasteiger partial charge in [0.05, 0.1) is 6.07 Å². The van der Waals surface area contributed by atoms with Crippen LogP contribution in [0.3, 0.4) is 0 Å². The summed E-state index contributed by atoms with van der Waals surface area (Å²) >= 11 is 0. The van der Waals surface area contributed by atoms with Crippen molar-refractivity contribution in [1.82, 2.24) is 10.2 Å². The molecule has 2 atom stereocenters. The van der Waals surface area contributed by atoms with E-state index >= 15 is 0 Å². The fourth-order valence-corrected chi connectivity index (χ4v) is 2.76.